The van der Waals surface area contributed by atoms with Gasteiger partial charge in [-0.25, -0.2) is 8.42 Å². The number of carbonyl (C=O) groups is 1. The van der Waals surface area contributed by atoms with E-state index in [9.17, 15) is 28.1 Å². The van der Waals surface area contributed by atoms with E-state index in [0.29, 0.717) is 17.6 Å². The largest absolute Gasteiger partial charge is 0.489 e. The maximum absolute atomic E-state index is 13.4. The van der Waals surface area contributed by atoms with Gasteiger partial charge >= 0.3 is 0 Å². The monoisotopic (exact) mass is 531 g/mol. The average molecular weight is 532 g/mol. The van der Waals surface area contributed by atoms with E-state index in [1.165, 1.54) is 16.4 Å². The fourth-order valence-electron chi connectivity index (χ4n) is 3.78. The zero-order valence-electron chi connectivity index (χ0n) is 21.3. The Morgan fingerprint density at radius 3 is 2.24 bits per heavy atom. The highest BCUT2D eigenvalue weighted by Gasteiger charge is 2.32. The van der Waals surface area contributed by atoms with Crippen molar-refractivity contribution in [1.29, 1.82) is 0 Å². The Morgan fingerprint density at radius 1 is 1.11 bits per heavy atom. The standard InChI is InChI=1S/C25H29N3O8S/c1-6-26(7-2)37(33,34)19-12-13-21(22(14-19)28(31)32)27-24(30)20(23(36-27)25(3,4)5)16-35-18-10-8-17(15-29)9-11-18/h8-15H,6-7,16H2,1-5H3. The Hall–Kier alpha value is -3.77. The summed E-state index contributed by atoms with van der Waals surface area (Å²) in [4.78, 5) is 35.2. The predicted octanol–water partition coefficient (Wildman–Crippen LogP) is 4.06. The molecule has 37 heavy (non-hydrogen) atoms. The van der Waals surface area contributed by atoms with Crippen molar-refractivity contribution in [3.8, 4) is 11.4 Å². The third-order valence-electron chi connectivity index (χ3n) is 5.69. The molecule has 0 fully saturated rings. The first-order valence-electron chi connectivity index (χ1n) is 11.6. The highest BCUT2D eigenvalue weighted by atomic mass is 32.2. The Morgan fingerprint density at radius 2 is 1.73 bits per heavy atom. The molecule has 0 aliphatic heterocycles. The lowest BCUT2D eigenvalue weighted by atomic mass is 9.91. The van der Waals surface area contributed by atoms with Gasteiger partial charge in [0.25, 0.3) is 11.2 Å². The molecule has 1 heterocycles. The molecule has 0 atom stereocenters. The zero-order valence-corrected chi connectivity index (χ0v) is 22.1. The number of sulfonamides is 1. The van der Waals surface area contributed by atoms with Crippen molar-refractivity contribution in [2.45, 2.75) is 51.5 Å². The molecule has 0 amide bonds. The average Bonchev–Trinajstić information content (AvgIpc) is 3.19. The van der Waals surface area contributed by atoms with Crippen LogP contribution < -0.4 is 10.3 Å². The number of ether oxygens (including phenoxy) is 1. The van der Waals surface area contributed by atoms with Gasteiger partial charge in [0, 0.05) is 30.1 Å². The van der Waals surface area contributed by atoms with Crippen molar-refractivity contribution in [3.63, 3.8) is 0 Å². The first-order valence-corrected chi connectivity index (χ1v) is 13.0. The molecule has 198 valence electrons. The number of nitro groups is 1. The third kappa shape index (κ3) is 5.65. The molecule has 3 aromatic rings. The number of hydrogen-bond acceptors (Lipinski definition) is 8. The normalized spacial score (nSPS) is 12.1. The van der Waals surface area contributed by atoms with E-state index in [2.05, 4.69) is 0 Å². The quantitative estimate of drug-likeness (QED) is 0.217. The van der Waals surface area contributed by atoms with Gasteiger partial charge in [-0.05, 0) is 36.4 Å². The SMILES string of the molecule is CCN(CC)S(=O)(=O)c1ccc(-n2oc(C(C)(C)C)c(COc3ccc(C=O)cc3)c2=O)c([N+](=O)[O-])c1. The molecule has 0 bridgehead atoms. The zero-order chi connectivity index (χ0) is 27.5. The fraction of sp³-hybridized carbons (Fsp3) is 0.360. The van der Waals surface area contributed by atoms with Crippen molar-refractivity contribution in [2.24, 2.45) is 0 Å². The van der Waals surface area contributed by atoms with Crippen LogP contribution in [0.4, 0.5) is 5.69 Å². The number of rotatable bonds is 10. The number of hydrogen-bond donors (Lipinski definition) is 0. The smallest absolute Gasteiger partial charge is 0.297 e. The van der Waals surface area contributed by atoms with Gasteiger partial charge in [-0.1, -0.05) is 34.6 Å². The van der Waals surface area contributed by atoms with Crippen LogP contribution in [0.2, 0.25) is 0 Å². The van der Waals surface area contributed by atoms with E-state index in [1.807, 2.05) is 20.8 Å². The van der Waals surface area contributed by atoms with Crippen LogP contribution in [0.25, 0.3) is 5.69 Å². The van der Waals surface area contributed by atoms with Gasteiger partial charge in [-0.15, -0.1) is 4.74 Å². The van der Waals surface area contributed by atoms with Crippen LogP contribution in [-0.2, 0) is 22.0 Å². The van der Waals surface area contributed by atoms with Gasteiger partial charge in [0.2, 0.25) is 10.0 Å². The molecule has 3 rings (SSSR count). The first-order chi connectivity index (χ1) is 17.3. The van der Waals surface area contributed by atoms with Crippen LogP contribution in [0, 0.1) is 10.1 Å². The Labute approximate surface area is 214 Å². The van der Waals surface area contributed by atoms with Gasteiger partial charge in [-0.3, -0.25) is 19.7 Å². The summed E-state index contributed by atoms with van der Waals surface area (Å²) in [6.07, 6.45) is 0.696. The van der Waals surface area contributed by atoms with Crippen molar-refractivity contribution in [2.75, 3.05) is 13.1 Å². The number of nitrogens with zero attached hydrogens (tertiary/aromatic N) is 3. The minimum Gasteiger partial charge on any atom is -0.489 e. The molecular weight excluding hydrogens is 502 g/mol. The maximum atomic E-state index is 13.4. The molecule has 1 aromatic heterocycles. The van der Waals surface area contributed by atoms with E-state index in [4.69, 9.17) is 9.26 Å². The summed E-state index contributed by atoms with van der Waals surface area (Å²) in [6.45, 7) is 8.97. The predicted molar refractivity (Wildman–Crippen MR) is 136 cm³/mol. The molecule has 0 unspecified atom stereocenters. The molecule has 0 aliphatic carbocycles. The summed E-state index contributed by atoms with van der Waals surface area (Å²) < 4.78 is 39.4. The highest BCUT2D eigenvalue weighted by Crippen LogP contribution is 2.31. The lowest BCUT2D eigenvalue weighted by Gasteiger charge is -2.18. The Balaban J connectivity index is 2.11. The number of aldehydes is 1. The second kappa shape index (κ2) is 10.7. The summed E-state index contributed by atoms with van der Waals surface area (Å²) in [5.74, 6) is 0.672. The Bertz CT molecular complexity index is 1460. The topological polar surface area (TPSA) is 142 Å². The molecular formula is C25H29N3O8S. The lowest BCUT2D eigenvalue weighted by molar-refractivity contribution is -0.385. The van der Waals surface area contributed by atoms with Gasteiger partial charge in [0.15, 0.2) is 11.4 Å². The second-order valence-electron chi connectivity index (χ2n) is 9.22. The molecule has 0 aliphatic rings. The van der Waals surface area contributed by atoms with Crippen molar-refractivity contribution in [3.05, 3.63) is 79.8 Å². The van der Waals surface area contributed by atoms with Crippen LogP contribution in [0.3, 0.4) is 0 Å². The molecule has 12 heteroatoms. The van der Waals surface area contributed by atoms with E-state index in [1.54, 1.807) is 38.1 Å². The lowest BCUT2D eigenvalue weighted by Crippen LogP contribution is -2.30. The minimum atomic E-state index is -3.97. The summed E-state index contributed by atoms with van der Waals surface area (Å²) in [5, 5.41) is 11.9. The van der Waals surface area contributed by atoms with Crippen LogP contribution in [0.5, 0.6) is 5.75 Å². The number of benzene rings is 2. The number of carbonyl (C=O) groups excluding carboxylic acids is 1. The van der Waals surface area contributed by atoms with Crippen molar-refractivity contribution in [1.82, 2.24) is 9.05 Å². The molecule has 0 spiro atoms. The molecule has 0 saturated heterocycles. The van der Waals surface area contributed by atoms with Gasteiger partial charge in [-0.2, -0.15) is 4.31 Å². The fourth-order valence-corrected chi connectivity index (χ4v) is 5.25. The van der Waals surface area contributed by atoms with E-state index < -0.39 is 31.6 Å². The first kappa shape index (κ1) is 27.8. The molecule has 0 saturated carbocycles. The summed E-state index contributed by atoms with van der Waals surface area (Å²) in [5.41, 5.74) is -1.52. The molecule has 2 aromatic carbocycles. The number of aromatic nitrogens is 1. The van der Waals surface area contributed by atoms with Crippen molar-refractivity contribution >= 4 is 22.0 Å². The summed E-state index contributed by atoms with van der Waals surface area (Å²) in [7, 11) is -3.97. The number of nitro benzene ring substituents is 1. The Kier molecular flexibility index (Phi) is 8.03. The minimum absolute atomic E-state index is 0.154. The van der Waals surface area contributed by atoms with Crippen LogP contribution >= 0.6 is 0 Å². The van der Waals surface area contributed by atoms with E-state index >= 15 is 0 Å². The second-order valence-corrected chi connectivity index (χ2v) is 11.2. The van der Waals surface area contributed by atoms with E-state index in [-0.39, 0.29) is 41.6 Å². The summed E-state index contributed by atoms with van der Waals surface area (Å²) in [6, 6.07) is 9.63. The van der Waals surface area contributed by atoms with Crippen LogP contribution in [-0.4, -0.2) is 41.8 Å². The molecule has 11 nitrogen and oxygen atoms in total. The van der Waals surface area contributed by atoms with Crippen LogP contribution in [0.1, 0.15) is 56.3 Å². The van der Waals surface area contributed by atoms with Gasteiger partial charge < -0.3 is 9.26 Å². The highest BCUT2D eigenvalue weighted by molar-refractivity contribution is 7.89. The molecule has 0 radical (unpaired) electrons. The van der Waals surface area contributed by atoms with E-state index in [0.717, 1.165) is 10.8 Å². The summed E-state index contributed by atoms with van der Waals surface area (Å²) >= 11 is 0. The maximum Gasteiger partial charge on any atom is 0.297 e. The molecule has 0 N–H and O–H groups in total. The third-order valence-corrected chi connectivity index (χ3v) is 7.73. The van der Waals surface area contributed by atoms with Gasteiger partial charge in [0.05, 0.1) is 15.4 Å². The van der Waals surface area contributed by atoms with Crippen molar-refractivity contribution < 1.29 is 27.4 Å². The van der Waals surface area contributed by atoms with Gasteiger partial charge in [0.1, 0.15) is 18.6 Å². The van der Waals surface area contributed by atoms with Crippen LogP contribution in [0.15, 0.2) is 56.7 Å².